The smallest absolute Gasteiger partial charge is 0.307 e. The average Bonchev–Trinajstić information content (AvgIpc) is 2.53. The van der Waals surface area contributed by atoms with Crippen molar-refractivity contribution < 1.29 is 9.53 Å². The van der Waals surface area contributed by atoms with Crippen LogP contribution in [0.3, 0.4) is 0 Å². The Bertz CT molecular complexity index is 229. The van der Waals surface area contributed by atoms with Crippen molar-refractivity contribution in [2.45, 2.75) is 19.9 Å². The summed E-state index contributed by atoms with van der Waals surface area (Å²) in [7, 11) is 0. The zero-order valence-corrected chi connectivity index (χ0v) is 7.19. The van der Waals surface area contributed by atoms with Crippen molar-refractivity contribution in [1.82, 2.24) is 4.57 Å². The second-order valence-electron chi connectivity index (χ2n) is 2.48. The summed E-state index contributed by atoms with van der Waals surface area (Å²) in [6.07, 6.45) is 4.31. The van der Waals surface area contributed by atoms with Crippen LogP contribution in [0.4, 0.5) is 0 Å². The molecular weight excluding hydrogens is 154 g/mol. The van der Waals surface area contributed by atoms with Crippen molar-refractivity contribution in [1.29, 1.82) is 0 Å². The number of carbonyl (C=O) groups excluding carboxylic acids is 1. The third kappa shape index (κ3) is 2.78. The summed E-state index contributed by atoms with van der Waals surface area (Å²) in [6, 6.07) is 3.87. The van der Waals surface area contributed by atoms with Crippen molar-refractivity contribution in [3.63, 3.8) is 0 Å². The first-order valence-corrected chi connectivity index (χ1v) is 4.09. The molecule has 0 amide bonds. The van der Waals surface area contributed by atoms with Crippen LogP contribution >= 0.6 is 0 Å². The highest BCUT2D eigenvalue weighted by molar-refractivity contribution is 5.69. The van der Waals surface area contributed by atoms with Gasteiger partial charge >= 0.3 is 5.97 Å². The molecule has 1 rings (SSSR count). The van der Waals surface area contributed by atoms with Crippen LogP contribution in [0.25, 0.3) is 0 Å². The Hall–Kier alpha value is -1.25. The van der Waals surface area contributed by atoms with Gasteiger partial charge in [-0.2, -0.15) is 0 Å². The largest absolute Gasteiger partial charge is 0.466 e. The van der Waals surface area contributed by atoms with Gasteiger partial charge in [0, 0.05) is 18.9 Å². The van der Waals surface area contributed by atoms with E-state index in [1.54, 1.807) is 0 Å². The fourth-order valence-corrected chi connectivity index (χ4v) is 0.973. The lowest BCUT2D eigenvalue weighted by Gasteiger charge is -2.02. The standard InChI is InChI=1S/C9H13NO2/c1-2-12-9(11)5-8-10-6-3-4-7-10/h3-4,6-7H,2,5,8H2,1H3. The Morgan fingerprint density at radius 3 is 2.67 bits per heavy atom. The van der Waals surface area contributed by atoms with E-state index in [4.69, 9.17) is 4.74 Å². The summed E-state index contributed by atoms with van der Waals surface area (Å²) in [5, 5.41) is 0. The number of aryl methyl sites for hydroxylation is 1. The highest BCUT2D eigenvalue weighted by Crippen LogP contribution is 1.94. The maximum absolute atomic E-state index is 10.9. The molecule has 0 bridgehead atoms. The van der Waals surface area contributed by atoms with E-state index < -0.39 is 0 Å². The van der Waals surface area contributed by atoms with Crippen molar-refractivity contribution in [2.24, 2.45) is 0 Å². The van der Waals surface area contributed by atoms with Gasteiger partial charge in [-0.3, -0.25) is 4.79 Å². The van der Waals surface area contributed by atoms with E-state index >= 15 is 0 Å². The molecule has 0 radical (unpaired) electrons. The molecule has 12 heavy (non-hydrogen) atoms. The third-order valence-electron chi connectivity index (χ3n) is 1.55. The molecule has 0 aliphatic rings. The van der Waals surface area contributed by atoms with E-state index in [1.165, 1.54) is 0 Å². The molecule has 1 heterocycles. The van der Waals surface area contributed by atoms with E-state index in [2.05, 4.69) is 0 Å². The lowest BCUT2D eigenvalue weighted by Crippen LogP contribution is -2.07. The van der Waals surface area contributed by atoms with E-state index in [-0.39, 0.29) is 5.97 Å². The molecule has 3 nitrogen and oxygen atoms in total. The molecule has 0 aliphatic heterocycles. The molecule has 0 fully saturated rings. The van der Waals surface area contributed by atoms with Gasteiger partial charge in [0.25, 0.3) is 0 Å². The molecule has 0 spiro atoms. The van der Waals surface area contributed by atoms with Gasteiger partial charge in [0.2, 0.25) is 0 Å². The fraction of sp³-hybridized carbons (Fsp3) is 0.444. The summed E-state index contributed by atoms with van der Waals surface area (Å²) in [4.78, 5) is 10.9. The minimum Gasteiger partial charge on any atom is -0.466 e. The zero-order chi connectivity index (χ0) is 8.81. The second kappa shape index (κ2) is 4.59. The Kier molecular flexibility index (Phi) is 3.38. The molecule has 0 aliphatic carbocycles. The van der Waals surface area contributed by atoms with Gasteiger partial charge in [-0.15, -0.1) is 0 Å². The predicted octanol–water partition coefficient (Wildman–Crippen LogP) is 1.44. The zero-order valence-electron chi connectivity index (χ0n) is 7.19. The quantitative estimate of drug-likeness (QED) is 0.635. The molecule has 0 N–H and O–H groups in total. The normalized spacial score (nSPS) is 9.75. The van der Waals surface area contributed by atoms with E-state index in [0.29, 0.717) is 19.6 Å². The third-order valence-corrected chi connectivity index (χ3v) is 1.55. The molecule has 0 saturated carbocycles. The summed E-state index contributed by atoms with van der Waals surface area (Å²) >= 11 is 0. The molecule has 0 saturated heterocycles. The number of hydrogen-bond donors (Lipinski definition) is 0. The first kappa shape index (κ1) is 8.84. The van der Waals surface area contributed by atoms with Crippen molar-refractivity contribution >= 4 is 5.97 Å². The highest BCUT2D eigenvalue weighted by atomic mass is 16.5. The SMILES string of the molecule is CCOC(=O)CCn1cccc1. The van der Waals surface area contributed by atoms with Gasteiger partial charge < -0.3 is 9.30 Å². The Balaban J connectivity index is 2.22. The molecule has 0 atom stereocenters. The lowest BCUT2D eigenvalue weighted by molar-refractivity contribution is -0.143. The Morgan fingerprint density at radius 1 is 1.42 bits per heavy atom. The van der Waals surface area contributed by atoms with E-state index in [1.807, 2.05) is 36.0 Å². The van der Waals surface area contributed by atoms with Crippen LogP contribution in [0.2, 0.25) is 0 Å². The van der Waals surface area contributed by atoms with Crippen molar-refractivity contribution in [3.05, 3.63) is 24.5 Å². The number of hydrogen-bond acceptors (Lipinski definition) is 2. The summed E-state index contributed by atoms with van der Waals surface area (Å²) < 4.78 is 6.74. The number of aromatic nitrogens is 1. The van der Waals surface area contributed by atoms with Crippen LogP contribution in [0, 0.1) is 0 Å². The number of nitrogens with zero attached hydrogens (tertiary/aromatic N) is 1. The first-order chi connectivity index (χ1) is 5.83. The molecule has 1 aromatic rings. The predicted molar refractivity (Wildman–Crippen MR) is 45.7 cm³/mol. The summed E-state index contributed by atoms with van der Waals surface area (Å²) in [5.41, 5.74) is 0. The van der Waals surface area contributed by atoms with Crippen LogP contribution in [0.15, 0.2) is 24.5 Å². The van der Waals surface area contributed by atoms with Gasteiger partial charge in [-0.25, -0.2) is 0 Å². The van der Waals surface area contributed by atoms with E-state index in [9.17, 15) is 4.79 Å². The topological polar surface area (TPSA) is 31.2 Å². The van der Waals surface area contributed by atoms with Crippen LogP contribution in [-0.2, 0) is 16.1 Å². The molecule has 1 aromatic heterocycles. The Labute approximate surface area is 72.0 Å². The van der Waals surface area contributed by atoms with Crippen LogP contribution in [-0.4, -0.2) is 17.1 Å². The van der Waals surface area contributed by atoms with Crippen LogP contribution < -0.4 is 0 Å². The fourth-order valence-electron chi connectivity index (χ4n) is 0.973. The van der Waals surface area contributed by atoms with Gasteiger partial charge in [-0.05, 0) is 19.1 Å². The molecule has 66 valence electrons. The number of carbonyl (C=O) groups is 1. The van der Waals surface area contributed by atoms with Crippen molar-refractivity contribution in [2.75, 3.05) is 6.61 Å². The molecule has 0 aromatic carbocycles. The number of ether oxygens (including phenoxy) is 1. The monoisotopic (exact) mass is 167 g/mol. The van der Waals surface area contributed by atoms with Gasteiger partial charge in [-0.1, -0.05) is 0 Å². The van der Waals surface area contributed by atoms with Gasteiger partial charge in [0.15, 0.2) is 0 Å². The summed E-state index contributed by atoms with van der Waals surface area (Å²) in [5.74, 6) is -0.133. The van der Waals surface area contributed by atoms with E-state index in [0.717, 1.165) is 0 Å². The van der Waals surface area contributed by atoms with Crippen molar-refractivity contribution in [3.8, 4) is 0 Å². The maximum atomic E-state index is 10.9. The number of esters is 1. The van der Waals surface area contributed by atoms with Gasteiger partial charge in [0.1, 0.15) is 0 Å². The number of rotatable bonds is 4. The maximum Gasteiger partial charge on any atom is 0.307 e. The minimum atomic E-state index is -0.133. The lowest BCUT2D eigenvalue weighted by atomic mass is 10.4. The second-order valence-corrected chi connectivity index (χ2v) is 2.48. The molecular formula is C9H13NO2. The molecule has 0 unspecified atom stereocenters. The van der Waals surface area contributed by atoms with Crippen LogP contribution in [0.1, 0.15) is 13.3 Å². The highest BCUT2D eigenvalue weighted by Gasteiger charge is 2.00. The Morgan fingerprint density at radius 2 is 2.08 bits per heavy atom. The van der Waals surface area contributed by atoms with Crippen LogP contribution in [0.5, 0.6) is 0 Å². The first-order valence-electron chi connectivity index (χ1n) is 4.09. The molecule has 3 heteroatoms. The minimum absolute atomic E-state index is 0.133. The van der Waals surface area contributed by atoms with Gasteiger partial charge in [0.05, 0.1) is 13.0 Å². The summed E-state index contributed by atoms with van der Waals surface area (Å²) in [6.45, 7) is 2.98. The average molecular weight is 167 g/mol.